The van der Waals surface area contributed by atoms with Gasteiger partial charge in [-0.15, -0.1) is 23.5 Å². The Kier molecular flexibility index (Phi) is 8.34. The number of nitrogens with zero attached hydrogens (tertiary/aromatic N) is 2. The number of benzene rings is 1. The van der Waals surface area contributed by atoms with Crippen LogP contribution in [0.5, 0.6) is 0 Å². The van der Waals surface area contributed by atoms with E-state index in [2.05, 4.69) is 17.0 Å². The summed E-state index contributed by atoms with van der Waals surface area (Å²) in [6.07, 6.45) is 3.92. The molecule has 0 saturated carbocycles. The summed E-state index contributed by atoms with van der Waals surface area (Å²) in [5, 5.41) is 3.61. The molecular formula is C18H25N3O2S2. The van der Waals surface area contributed by atoms with Gasteiger partial charge in [0.1, 0.15) is 0 Å². The number of thioether (sulfide) groups is 2. The van der Waals surface area contributed by atoms with Gasteiger partial charge in [-0.3, -0.25) is 14.6 Å². The largest absolute Gasteiger partial charge is 0.342 e. The number of aliphatic imine (C=N–C) groups is 1. The monoisotopic (exact) mass is 379 g/mol. The van der Waals surface area contributed by atoms with Gasteiger partial charge in [0.25, 0.3) is 0 Å². The number of anilines is 1. The second-order valence-electron chi connectivity index (χ2n) is 5.79. The van der Waals surface area contributed by atoms with Gasteiger partial charge in [0.2, 0.25) is 11.8 Å². The molecule has 1 fully saturated rings. The molecule has 1 saturated heterocycles. The van der Waals surface area contributed by atoms with Crippen molar-refractivity contribution < 1.29 is 9.59 Å². The van der Waals surface area contributed by atoms with E-state index in [1.807, 2.05) is 30.0 Å². The van der Waals surface area contributed by atoms with E-state index >= 15 is 0 Å². The Balaban J connectivity index is 1.84. The minimum atomic E-state index is -0.0169. The molecule has 1 N–H and O–H groups in total. The van der Waals surface area contributed by atoms with Crippen LogP contribution in [0, 0.1) is 0 Å². The Labute approximate surface area is 158 Å². The first-order valence-electron chi connectivity index (χ1n) is 8.53. The van der Waals surface area contributed by atoms with Gasteiger partial charge in [0.15, 0.2) is 0 Å². The SMILES string of the molecule is C=Nc1ccc(NC(=O)CC)cc1SCSCC(=O)N1CCCCC1. The van der Waals surface area contributed by atoms with Crippen LogP contribution in [-0.2, 0) is 9.59 Å². The summed E-state index contributed by atoms with van der Waals surface area (Å²) in [6.45, 7) is 7.22. The number of piperidine rings is 1. The molecule has 0 bridgehead atoms. The molecule has 0 aromatic heterocycles. The number of hydrogen-bond acceptors (Lipinski definition) is 5. The van der Waals surface area contributed by atoms with E-state index in [0.717, 1.165) is 47.3 Å². The Hall–Kier alpha value is -1.47. The minimum Gasteiger partial charge on any atom is -0.342 e. The van der Waals surface area contributed by atoms with Crippen LogP contribution in [0.4, 0.5) is 11.4 Å². The summed E-state index contributed by atoms with van der Waals surface area (Å²) in [7, 11) is 0. The molecule has 2 amide bonds. The molecule has 0 atom stereocenters. The van der Waals surface area contributed by atoms with Crippen LogP contribution < -0.4 is 5.32 Å². The van der Waals surface area contributed by atoms with Gasteiger partial charge >= 0.3 is 0 Å². The molecule has 0 radical (unpaired) electrons. The molecule has 0 aliphatic carbocycles. The van der Waals surface area contributed by atoms with Crippen molar-refractivity contribution >= 4 is 53.4 Å². The van der Waals surface area contributed by atoms with Crippen LogP contribution in [-0.4, -0.2) is 47.4 Å². The fourth-order valence-corrected chi connectivity index (χ4v) is 4.58. The summed E-state index contributed by atoms with van der Waals surface area (Å²) in [5.41, 5.74) is 1.55. The van der Waals surface area contributed by atoms with E-state index in [-0.39, 0.29) is 11.8 Å². The predicted molar refractivity (Wildman–Crippen MR) is 108 cm³/mol. The maximum Gasteiger partial charge on any atom is 0.232 e. The molecule has 1 aromatic carbocycles. The lowest BCUT2D eigenvalue weighted by atomic mass is 10.1. The van der Waals surface area contributed by atoms with Gasteiger partial charge in [-0.2, -0.15) is 0 Å². The van der Waals surface area contributed by atoms with Crippen LogP contribution in [0.15, 0.2) is 28.1 Å². The smallest absolute Gasteiger partial charge is 0.232 e. The van der Waals surface area contributed by atoms with Crippen LogP contribution in [0.25, 0.3) is 0 Å². The second kappa shape index (κ2) is 10.5. The minimum absolute atomic E-state index is 0.0169. The number of carbonyl (C=O) groups is 2. The zero-order chi connectivity index (χ0) is 18.1. The Morgan fingerprint density at radius 3 is 2.72 bits per heavy atom. The van der Waals surface area contributed by atoms with Crippen molar-refractivity contribution in [1.29, 1.82) is 0 Å². The maximum absolute atomic E-state index is 12.2. The first-order chi connectivity index (χ1) is 12.1. The van der Waals surface area contributed by atoms with Crippen molar-refractivity contribution in [3.05, 3.63) is 18.2 Å². The first kappa shape index (κ1) is 19.8. The third-order valence-corrected chi connectivity index (χ3v) is 6.19. The zero-order valence-electron chi connectivity index (χ0n) is 14.6. The molecule has 1 heterocycles. The Morgan fingerprint density at radius 2 is 2.04 bits per heavy atom. The first-order valence-corrected chi connectivity index (χ1v) is 10.7. The molecule has 1 aliphatic heterocycles. The summed E-state index contributed by atoms with van der Waals surface area (Å²) in [6, 6.07) is 5.59. The molecule has 2 rings (SSSR count). The summed E-state index contributed by atoms with van der Waals surface area (Å²) < 4.78 is 0. The van der Waals surface area contributed by atoms with E-state index in [4.69, 9.17) is 0 Å². The quantitative estimate of drug-likeness (QED) is 0.319. The normalized spacial score (nSPS) is 14.2. The number of rotatable bonds is 8. The van der Waals surface area contributed by atoms with E-state index in [0.29, 0.717) is 12.2 Å². The number of amides is 2. The highest BCUT2D eigenvalue weighted by Crippen LogP contribution is 2.34. The number of carbonyl (C=O) groups excluding carboxylic acids is 2. The van der Waals surface area contributed by atoms with Crippen LogP contribution >= 0.6 is 23.5 Å². The lowest BCUT2D eigenvalue weighted by Gasteiger charge is -2.26. The average molecular weight is 380 g/mol. The fraction of sp³-hybridized carbons (Fsp3) is 0.500. The summed E-state index contributed by atoms with van der Waals surface area (Å²) in [4.78, 5) is 30.7. The van der Waals surface area contributed by atoms with E-state index in [9.17, 15) is 9.59 Å². The molecule has 1 aliphatic rings. The molecule has 25 heavy (non-hydrogen) atoms. The number of likely N-dealkylation sites (tertiary alicyclic amines) is 1. The van der Waals surface area contributed by atoms with Crippen molar-refractivity contribution in [3.63, 3.8) is 0 Å². The maximum atomic E-state index is 12.2. The van der Waals surface area contributed by atoms with Crippen molar-refractivity contribution in [2.45, 2.75) is 37.5 Å². The highest BCUT2D eigenvalue weighted by Gasteiger charge is 2.16. The third-order valence-electron chi connectivity index (χ3n) is 3.97. The molecular weight excluding hydrogens is 354 g/mol. The van der Waals surface area contributed by atoms with Gasteiger partial charge in [0.05, 0.1) is 11.4 Å². The highest BCUT2D eigenvalue weighted by molar-refractivity contribution is 8.16. The number of nitrogens with one attached hydrogen (secondary N) is 1. The van der Waals surface area contributed by atoms with Gasteiger partial charge < -0.3 is 10.2 Å². The van der Waals surface area contributed by atoms with Crippen molar-refractivity contribution in [3.8, 4) is 0 Å². The van der Waals surface area contributed by atoms with Gasteiger partial charge in [0, 0.05) is 35.2 Å². The Bertz CT molecular complexity index is 616. The topological polar surface area (TPSA) is 61.8 Å². The van der Waals surface area contributed by atoms with Crippen LogP contribution in [0.1, 0.15) is 32.6 Å². The molecule has 1 aromatic rings. The second-order valence-corrected chi connectivity index (χ2v) is 8.16. The van der Waals surface area contributed by atoms with Crippen molar-refractivity contribution in [1.82, 2.24) is 4.90 Å². The van der Waals surface area contributed by atoms with E-state index in [1.165, 1.54) is 6.42 Å². The molecule has 0 spiro atoms. The zero-order valence-corrected chi connectivity index (χ0v) is 16.3. The van der Waals surface area contributed by atoms with Gasteiger partial charge in [-0.25, -0.2) is 0 Å². The highest BCUT2D eigenvalue weighted by atomic mass is 32.2. The number of hydrogen-bond donors (Lipinski definition) is 1. The molecule has 136 valence electrons. The van der Waals surface area contributed by atoms with Crippen LogP contribution in [0.3, 0.4) is 0 Å². The molecule has 0 unspecified atom stereocenters. The van der Waals surface area contributed by atoms with E-state index in [1.54, 1.807) is 23.5 Å². The van der Waals surface area contributed by atoms with Gasteiger partial charge in [-0.05, 0) is 44.2 Å². The summed E-state index contributed by atoms with van der Waals surface area (Å²) >= 11 is 3.23. The molecule has 5 nitrogen and oxygen atoms in total. The lowest BCUT2D eigenvalue weighted by Crippen LogP contribution is -2.36. The average Bonchev–Trinajstić information content (AvgIpc) is 2.65. The van der Waals surface area contributed by atoms with Crippen molar-refractivity contribution in [2.24, 2.45) is 4.99 Å². The van der Waals surface area contributed by atoms with Gasteiger partial charge in [-0.1, -0.05) is 6.92 Å². The fourth-order valence-electron chi connectivity index (χ4n) is 2.56. The molecule has 7 heteroatoms. The Morgan fingerprint density at radius 1 is 1.28 bits per heavy atom. The standard InChI is InChI=1S/C18H25N3O2S2/c1-3-17(22)20-14-7-8-15(19-2)16(11-14)25-13-24-12-18(23)21-9-5-4-6-10-21/h7-8,11H,2-6,9-10,12-13H2,1H3,(H,20,22). The van der Waals surface area contributed by atoms with Crippen molar-refractivity contribution in [2.75, 3.05) is 29.2 Å². The van der Waals surface area contributed by atoms with E-state index < -0.39 is 0 Å². The van der Waals surface area contributed by atoms with Crippen LogP contribution in [0.2, 0.25) is 0 Å². The summed E-state index contributed by atoms with van der Waals surface area (Å²) in [5.74, 6) is 0.726. The lowest BCUT2D eigenvalue weighted by molar-refractivity contribution is -0.129. The third kappa shape index (κ3) is 6.40. The predicted octanol–water partition coefficient (Wildman–Crippen LogP) is 4.16.